The van der Waals surface area contributed by atoms with Gasteiger partial charge in [0.05, 0.1) is 0 Å². The zero-order chi connectivity index (χ0) is 12.3. The summed E-state index contributed by atoms with van der Waals surface area (Å²) in [5.41, 5.74) is -0.451. The van der Waals surface area contributed by atoms with Crippen molar-refractivity contribution in [2.24, 2.45) is 0 Å². The number of epoxide rings is 1. The predicted octanol–water partition coefficient (Wildman–Crippen LogP) is 0.950. The van der Waals surface area contributed by atoms with E-state index in [0.717, 1.165) is 6.08 Å². The molecule has 16 heavy (non-hydrogen) atoms. The van der Waals surface area contributed by atoms with Crippen LogP contribution in [0.5, 0.6) is 0 Å². The molecule has 0 bridgehead atoms. The highest BCUT2D eigenvalue weighted by molar-refractivity contribution is 5.87. The van der Waals surface area contributed by atoms with Crippen LogP contribution in [0.15, 0.2) is 24.8 Å². The maximum Gasteiger partial charge on any atom is 0.333 e. The molecule has 1 saturated heterocycles. The molecule has 0 saturated carbocycles. The highest BCUT2D eigenvalue weighted by atomic mass is 16.8. The first-order valence-electron chi connectivity index (χ1n) is 4.72. The van der Waals surface area contributed by atoms with Gasteiger partial charge in [-0.2, -0.15) is 0 Å². The van der Waals surface area contributed by atoms with Crippen LogP contribution in [0.25, 0.3) is 0 Å². The van der Waals surface area contributed by atoms with E-state index >= 15 is 0 Å². The van der Waals surface area contributed by atoms with Gasteiger partial charge < -0.3 is 14.2 Å². The van der Waals surface area contributed by atoms with Crippen LogP contribution in [0.3, 0.4) is 0 Å². The Morgan fingerprint density at radius 2 is 2.19 bits per heavy atom. The molecule has 1 heterocycles. The quantitative estimate of drug-likeness (QED) is 0.396. The molecule has 0 aromatic heterocycles. The monoisotopic (exact) mass is 226 g/mol. The maximum atomic E-state index is 11.1. The summed E-state index contributed by atoms with van der Waals surface area (Å²) in [4.78, 5) is 22.0. The van der Waals surface area contributed by atoms with Crippen molar-refractivity contribution in [1.82, 2.24) is 0 Å². The molecule has 0 aromatic rings. The van der Waals surface area contributed by atoms with Crippen LogP contribution in [0.1, 0.15) is 13.8 Å². The summed E-state index contributed by atoms with van der Waals surface area (Å²) < 4.78 is 14.8. The summed E-state index contributed by atoms with van der Waals surface area (Å²) in [5, 5.41) is 0. The number of rotatable bonds is 5. The number of carbonyl (C=O) groups excluding carboxylic acids is 2. The Bertz CT molecular complexity index is 346. The molecular formula is C11H14O5. The summed E-state index contributed by atoms with van der Waals surface area (Å²) in [6, 6.07) is 0. The van der Waals surface area contributed by atoms with Gasteiger partial charge in [-0.25, -0.2) is 9.59 Å². The summed E-state index contributed by atoms with van der Waals surface area (Å²) in [7, 11) is 0. The van der Waals surface area contributed by atoms with Crippen LogP contribution in [0.4, 0.5) is 0 Å². The van der Waals surface area contributed by atoms with Gasteiger partial charge in [-0.1, -0.05) is 13.2 Å². The Hall–Kier alpha value is -1.62. The predicted molar refractivity (Wildman–Crippen MR) is 55.3 cm³/mol. The molecule has 0 amide bonds. The summed E-state index contributed by atoms with van der Waals surface area (Å²) in [6.45, 7) is 9.95. The van der Waals surface area contributed by atoms with E-state index in [-0.39, 0.29) is 6.61 Å². The van der Waals surface area contributed by atoms with Crippen molar-refractivity contribution < 1.29 is 23.8 Å². The first-order chi connectivity index (χ1) is 7.39. The average molecular weight is 226 g/mol. The molecule has 2 atom stereocenters. The van der Waals surface area contributed by atoms with E-state index in [1.54, 1.807) is 13.8 Å². The zero-order valence-corrected chi connectivity index (χ0v) is 9.32. The number of ether oxygens (including phenoxy) is 3. The number of hydrogen-bond acceptors (Lipinski definition) is 5. The van der Waals surface area contributed by atoms with E-state index in [4.69, 9.17) is 14.2 Å². The third kappa shape index (κ3) is 2.93. The standard InChI is InChI=1S/C11H14O5/c1-5-8(12)15-10-11(4,16-10)6-14-9(13)7(2)3/h5,10H,1-2,6H2,3-4H3. The zero-order valence-electron chi connectivity index (χ0n) is 9.32. The lowest BCUT2D eigenvalue weighted by Gasteiger charge is -2.07. The fourth-order valence-corrected chi connectivity index (χ4v) is 0.947. The van der Waals surface area contributed by atoms with Crippen molar-refractivity contribution in [2.45, 2.75) is 25.7 Å². The Balaban J connectivity index is 2.34. The smallest absolute Gasteiger partial charge is 0.333 e. The SMILES string of the molecule is C=CC(=O)OC1OC1(C)COC(=O)C(=C)C. The Morgan fingerprint density at radius 1 is 1.56 bits per heavy atom. The average Bonchev–Trinajstić information content (AvgIpc) is 2.86. The first kappa shape index (κ1) is 12.4. The van der Waals surface area contributed by atoms with Crippen molar-refractivity contribution in [3.8, 4) is 0 Å². The van der Waals surface area contributed by atoms with Gasteiger partial charge in [0.2, 0.25) is 6.29 Å². The van der Waals surface area contributed by atoms with Gasteiger partial charge in [-0.05, 0) is 13.8 Å². The normalized spacial score (nSPS) is 26.8. The van der Waals surface area contributed by atoms with Crippen LogP contribution in [-0.4, -0.2) is 30.4 Å². The van der Waals surface area contributed by atoms with E-state index in [0.29, 0.717) is 5.57 Å². The van der Waals surface area contributed by atoms with Crippen LogP contribution in [0, 0.1) is 0 Å². The van der Waals surface area contributed by atoms with Crippen molar-refractivity contribution in [1.29, 1.82) is 0 Å². The topological polar surface area (TPSA) is 65.1 Å². The summed E-state index contributed by atoms with van der Waals surface area (Å²) in [5.74, 6) is -1.06. The fourth-order valence-electron chi connectivity index (χ4n) is 0.947. The summed E-state index contributed by atoms with van der Waals surface area (Å²) in [6.07, 6.45) is 0.359. The lowest BCUT2D eigenvalue weighted by atomic mass is 10.2. The van der Waals surface area contributed by atoms with Gasteiger partial charge in [0.15, 0.2) is 5.60 Å². The van der Waals surface area contributed by atoms with E-state index in [1.807, 2.05) is 0 Å². The number of hydrogen-bond donors (Lipinski definition) is 0. The van der Waals surface area contributed by atoms with Gasteiger partial charge in [-0.3, -0.25) is 0 Å². The minimum absolute atomic E-state index is 0.0216. The van der Waals surface area contributed by atoms with Crippen LogP contribution in [0.2, 0.25) is 0 Å². The molecule has 5 heteroatoms. The third-order valence-corrected chi connectivity index (χ3v) is 2.05. The van der Waals surface area contributed by atoms with Gasteiger partial charge in [0.25, 0.3) is 0 Å². The Morgan fingerprint density at radius 3 is 2.69 bits per heavy atom. The maximum absolute atomic E-state index is 11.1. The largest absolute Gasteiger partial charge is 0.459 e. The molecule has 0 N–H and O–H groups in total. The Labute approximate surface area is 93.7 Å². The molecule has 0 aliphatic carbocycles. The lowest BCUT2D eigenvalue weighted by Crippen LogP contribution is -2.23. The van der Waals surface area contributed by atoms with E-state index < -0.39 is 23.8 Å². The van der Waals surface area contributed by atoms with Crippen LogP contribution < -0.4 is 0 Å². The molecule has 2 unspecified atom stereocenters. The molecule has 0 aromatic carbocycles. The molecule has 0 spiro atoms. The van der Waals surface area contributed by atoms with E-state index in [9.17, 15) is 9.59 Å². The minimum Gasteiger partial charge on any atom is -0.459 e. The molecule has 5 nitrogen and oxygen atoms in total. The highest BCUT2D eigenvalue weighted by Gasteiger charge is 2.57. The van der Waals surface area contributed by atoms with Crippen LogP contribution in [-0.2, 0) is 23.8 Å². The van der Waals surface area contributed by atoms with Gasteiger partial charge >= 0.3 is 11.9 Å². The van der Waals surface area contributed by atoms with Gasteiger partial charge in [0, 0.05) is 11.6 Å². The Kier molecular flexibility index (Phi) is 3.49. The minimum atomic E-state index is -0.760. The first-order valence-corrected chi connectivity index (χ1v) is 4.72. The molecule has 88 valence electrons. The molecular weight excluding hydrogens is 212 g/mol. The second-order valence-corrected chi connectivity index (χ2v) is 3.76. The van der Waals surface area contributed by atoms with Crippen molar-refractivity contribution >= 4 is 11.9 Å². The number of carbonyl (C=O) groups is 2. The van der Waals surface area contributed by atoms with Gasteiger partial charge in [0.1, 0.15) is 6.61 Å². The van der Waals surface area contributed by atoms with Crippen molar-refractivity contribution in [2.75, 3.05) is 6.61 Å². The van der Waals surface area contributed by atoms with Gasteiger partial charge in [-0.15, -0.1) is 0 Å². The molecule has 0 radical (unpaired) electrons. The molecule has 1 fully saturated rings. The fraction of sp³-hybridized carbons (Fsp3) is 0.455. The molecule has 1 aliphatic rings. The molecule has 1 aliphatic heterocycles. The second kappa shape index (κ2) is 4.49. The highest BCUT2D eigenvalue weighted by Crippen LogP contribution is 2.37. The van der Waals surface area contributed by atoms with E-state index in [2.05, 4.69) is 13.2 Å². The number of esters is 2. The van der Waals surface area contributed by atoms with Crippen LogP contribution >= 0.6 is 0 Å². The second-order valence-electron chi connectivity index (χ2n) is 3.76. The summed E-state index contributed by atoms with van der Waals surface area (Å²) >= 11 is 0. The molecule has 1 rings (SSSR count). The van der Waals surface area contributed by atoms with Crippen molar-refractivity contribution in [3.05, 3.63) is 24.8 Å². The van der Waals surface area contributed by atoms with Crippen molar-refractivity contribution in [3.63, 3.8) is 0 Å². The lowest BCUT2D eigenvalue weighted by molar-refractivity contribution is -0.142. The third-order valence-electron chi connectivity index (χ3n) is 2.05. The van der Waals surface area contributed by atoms with E-state index in [1.165, 1.54) is 0 Å².